The molecule has 0 heterocycles. The fourth-order valence-electron chi connectivity index (χ4n) is 0.327. The molecule has 0 aromatic rings. The van der Waals surface area contributed by atoms with Gasteiger partial charge in [-0.3, -0.25) is 0 Å². The van der Waals surface area contributed by atoms with Gasteiger partial charge in [-0.15, -0.1) is 0 Å². The minimum absolute atomic E-state index is 0.108. The molecule has 0 fully saturated rings. The van der Waals surface area contributed by atoms with Gasteiger partial charge in [-0.05, 0) is 5.92 Å². The van der Waals surface area contributed by atoms with Crippen molar-refractivity contribution < 1.29 is 13.0 Å². The van der Waals surface area contributed by atoms with Gasteiger partial charge in [0.25, 0.3) is 0 Å². The second-order valence-corrected chi connectivity index (χ2v) is 5.01. The monoisotopic (exact) mass is 202 g/mol. The molecule has 76 valence electrons. The van der Waals surface area contributed by atoms with Crippen LogP contribution < -0.4 is 0 Å². The van der Waals surface area contributed by atoms with Gasteiger partial charge in [0.15, 0.2) is 0 Å². The summed E-state index contributed by atoms with van der Waals surface area (Å²) in [6.07, 6.45) is 1.85. The second-order valence-electron chi connectivity index (χ2n) is 3.44. The van der Waals surface area contributed by atoms with Gasteiger partial charge >= 0.3 is 58.1 Å². The van der Waals surface area contributed by atoms with Gasteiger partial charge in [0.05, 0.1) is 0 Å². The summed E-state index contributed by atoms with van der Waals surface area (Å²) < 4.78 is 28.0. The van der Waals surface area contributed by atoms with E-state index in [9.17, 15) is 8.42 Å². The molecule has 0 aromatic carbocycles. The predicted molar refractivity (Wildman–Crippen MR) is 56.7 cm³/mol. The van der Waals surface area contributed by atoms with Crippen molar-refractivity contribution in [3.63, 3.8) is 0 Å². The van der Waals surface area contributed by atoms with E-state index in [2.05, 4.69) is 20.8 Å². The predicted octanol–water partition coefficient (Wildman–Crippen LogP) is 1.90. The van der Waals surface area contributed by atoms with Crippen LogP contribution in [-0.2, 0) is 10.1 Å². The molecule has 0 unspecified atom stereocenters. The minimum atomic E-state index is -3.69. The average molecular weight is 202 g/mol. The van der Waals surface area contributed by atoms with Crippen LogP contribution >= 0.6 is 0 Å². The van der Waals surface area contributed by atoms with Crippen LogP contribution in [0.3, 0.4) is 0 Å². The Labute approximate surface area is 91.3 Å². The van der Waals surface area contributed by atoms with Gasteiger partial charge in [-0.1, -0.05) is 27.2 Å². The first kappa shape index (κ1) is 16.0. The van der Waals surface area contributed by atoms with Crippen molar-refractivity contribution in [2.24, 2.45) is 5.92 Å². The summed E-state index contributed by atoms with van der Waals surface area (Å²) in [4.78, 5) is 0. The molecule has 1 N–H and O–H groups in total. The molecule has 0 spiro atoms. The summed E-state index contributed by atoms with van der Waals surface area (Å²) in [6.45, 7) is 6.64. The van der Waals surface area contributed by atoms with E-state index >= 15 is 0 Å². The van der Waals surface area contributed by atoms with E-state index < -0.39 is 10.1 Å². The zero-order chi connectivity index (χ0) is 10.9. The van der Waals surface area contributed by atoms with Crippen LogP contribution in [0.5, 0.6) is 0 Å². The van der Waals surface area contributed by atoms with E-state index in [-0.39, 0.29) is 5.75 Å². The molecule has 0 saturated carbocycles. The molecule has 0 saturated heterocycles. The Morgan fingerprint density at radius 2 is 1.77 bits per heavy atom. The van der Waals surface area contributed by atoms with Crippen LogP contribution in [0.1, 0.15) is 33.6 Å². The summed E-state index contributed by atoms with van der Waals surface area (Å²) in [7, 11) is -3.69. The molecule has 0 atom stereocenters. The van der Waals surface area contributed by atoms with E-state index in [1.807, 2.05) is 17.7 Å². The number of hydrogen-bond acceptors (Lipinski definition) is 2. The zero-order valence-corrected chi connectivity index (χ0v) is 9.89. The van der Waals surface area contributed by atoms with Crippen molar-refractivity contribution in [3.05, 3.63) is 0 Å². The van der Waals surface area contributed by atoms with Gasteiger partial charge in [0, 0.05) is 0 Å². The number of hydrogen-bond donors (Lipinski definition) is 1. The summed E-state index contributed by atoms with van der Waals surface area (Å²) in [5.41, 5.74) is 0. The average Bonchev–Trinajstić information content (AvgIpc) is 2.00. The Morgan fingerprint density at radius 3 is 1.85 bits per heavy atom. The Bertz CT molecular complexity index is 188. The van der Waals surface area contributed by atoms with E-state index in [1.165, 1.54) is 6.42 Å². The molecule has 0 bridgehead atoms. The van der Waals surface area contributed by atoms with Crippen LogP contribution in [0, 0.1) is 5.92 Å². The van der Waals surface area contributed by atoms with E-state index in [0.29, 0.717) is 6.42 Å². The van der Waals surface area contributed by atoms with Crippen LogP contribution in [0.4, 0.5) is 0 Å². The molecule has 13 heavy (non-hydrogen) atoms. The maximum absolute atomic E-state index is 9.95. The summed E-state index contributed by atoms with van der Waals surface area (Å²) in [5, 5.41) is 0.791. The molecule has 5 heteroatoms. The van der Waals surface area contributed by atoms with Gasteiger partial charge in [0.2, 0.25) is 0 Å². The van der Waals surface area contributed by atoms with E-state index in [4.69, 9.17) is 4.55 Å². The van der Waals surface area contributed by atoms with Crippen molar-refractivity contribution >= 4 is 27.8 Å². The Hall–Kier alpha value is 0.507. The number of rotatable bonds is 4. The first-order chi connectivity index (χ1) is 5.83. The SMILES string of the molecule is CCC(C)C.[Li][CH2]CCS(=O)(=O)O. The molecule has 0 amide bonds. The van der Waals surface area contributed by atoms with Gasteiger partial charge in [-0.25, -0.2) is 0 Å². The molecule has 0 rings (SSSR count). The van der Waals surface area contributed by atoms with Gasteiger partial charge < -0.3 is 0 Å². The van der Waals surface area contributed by atoms with Crippen LogP contribution in [0.25, 0.3) is 0 Å². The topological polar surface area (TPSA) is 54.4 Å². The van der Waals surface area contributed by atoms with Crippen molar-refractivity contribution in [2.75, 3.05) is 5.75 Å². The molecule has 0 aliphatic carbocycles. The van der Waals surface area contributed by atoms with Crippen molar-refractivity contribution in [3.8, 4) is 0 Å². The van der Waals surface area contributed by atoms with Gasteiger partial charge in [0.1, 0.15) is 0 Å². The first-order valence-electron chi connectivity index (χ1n) is 4.78. The molecule has 0 aliphatic heterocycles. The quantitative estimate of drug-likeness (QED) is 0.559. The van der Waals surface area contributed by atoms with Gasteiger partial charge in [-0.2, -0.15) is 0 Å². The molecule has 0 aliphatic rings. The van der Waals surface area contributed by atoms with Crippen LogP contribution in [-0.4, -0.2) is 36.4 Å². The summed E-state index contributed by atoms with van der Waals surface area (Å²) in [6, 6.07) is 0. The zero-order valence-electron chi connectivity index (χ0n) is 9.08. The molecule has 0 radical (unpaired) electrons. The molecule has 3 nitrogen and oxygen atoms in total. The normalized spacial score (nSPS) is 11.0. The Balaban J connectivity index is 0. The standard InChI is InChI=1S/C5H12.C3H7O3S.Li/c1-4-5(2)3;1-2-3-7(4,5)6;/h5H,4H2,1-3H3;1-3H2,(H,4,5,6);. The molecule has 0 aromatic heterocycles. The summed E-state index contributed by atoms with van der Waals surface area (Å²) >= 11 is 1.87. The third-order valence-corrected chi connectivity index (χ3v) is 2.38. The third kappa shape index (κ3) is 24.5. The third-order valence-electron chi connectivity index (χ3n) is 1.57. The fraction of sp³-hybridized carbons (Fsp3) is 1.00. The Kier molecular flexibility index (Phi) is 11.1. The molecular weight excluding hydrogens is 183 g/mol. The summed E-state index contributed by atoms with van der Waals surface area (Å²) in [5.74, 6) is 0.777. The fourth-order valence-corrected chi connectivity index (χ4v) is 0.980. The Morgan fingerprint density at radius 1 is 1.38 bits per heavy atom. The van der Waals surface area contributed by atoms with E-state index in [0.717, 1.165) is 11.0 Å². The van der Waals surface area contributed by atoms with Crippen molar-refractivity contribution in [1.29, 1.82) is 0 Å². The van der Waals surface area contributed by atoms with Crippen LogP contribution in [0.2, 0.25) is 5.09 Å². The van der Waals surface area contributed by atoms with E-state index in [1.54, 1.807) is 0 Å². The van der Waals surface area contributed by atoms with Crippen molar-refractivity contribution in [1.82, 2.24) is 0 Å². The van der Waals surface area contributed by atoms with Crippen molar-refractivity contribution in [2.45, 2.75) is 38.7 Å². The first-order valence-corrected chi connectivity index (χ1v) is 6.39. The molecular formula is C8H19LiO3S. The second kappa shape index (κ2) is 9.08. The maximum atomic E-state index is 9.95. The van der Waals surface area contributed by atoms with Crippen LogP contribution in [0.15, 0.2) is 0 Å².